The summed E-state index contributed by atoms with van der Waals surface area (Å²) < 4.78 is 10.0. The maximum absolute atomic E-state index is 11.4. The zero-order valence-electron chi connectivity index (χ0n) is 9.14. The molecule has 0 aromatic heterocycles. The topological polar surface area (TPSA) is 47.9 Å². The van der Waals surface area contributed by atoms with E-state index in [0.29, 0.717) is 17.2 Å². The van der Waals surface area contributed by atoms with Crippen LogP contribution in [0.2, 0.25) is 5.02 Å². The lowest BCUT2D eigenvalue weighted by atomic mass is 10.2. The maximum atomic E-state index is 11.4. The molecule has 0 radical (unpaired) electrons. The number of ether oxygens (including phenoxy) is 2. The van der Waals surface area contributed by atoms with E-state index >= 15 is 0 Å². The molecule has 0 spiro atoms. The Morgan fingerprint density at radius 3 is 2.76 bits per heavy atom. The van der Waals surface area contributed by atoms with Gasteiger partial charge in [-0.3, -0.25) is 0 Å². The number of esters is 1. The predicted molar refractivity (Wildman–Crippen MR) is 63.8 cm³/mol. The van der Waals surface area contributed by atoms with E-state index in [9.17, 15) is 4.79 Å². The van der Waals surface area contributed by atoms with Crippen molar-refractivity contribution >= 4 is 23.5 Å². The first kappa shape index (κ1) is 11.7. The van der Waals surface area contributed by atoms with E-state index in [1.165, 1.54) is 6.26 Å². The van der Waals surface area contributed by atoms with Crippen molar-refractivity contribution in [2.75, 3.05) is 6.61 Å². The lowest BCUT2D eigenvalue weighted by molar-refractivity contribution is -0.130. The highest BCUT2D eigenvalue weighted by Crippen LogP contribution is 2.18. The molecule has 0 fully saturated rings. The molecule has 0 N–H and O–H groups in total. The van der Waals surface area contributed by atoms with Gasteiger partial charge in [-0.1, -0.05) is 11.6 Å². The van der Waals surface area contributed by atoms with Gasteiger partial charge in [-0.2, -0.15) is 0 Å². The highest BCUT2D eigenvalue weighted by atomic mass is 35.5. The molecule has 1 aromatic rings. The number of benzene rings is 1. The van der Waals surface area contributed by atoms with Crippen LogP contribution < -0.4 is 0 Å². The number of hydrogen-bond acceptors (Lipinski definition) is 4. The Labute approximate surface area is 104 Å². The van der Waals surface area contributed by atoms with Crippen molar-refractivity contribution in [3.63, 3.8) is 0 Å². The fourth-order valence-electron chi connectivity index (χ4n) is 1.27. The number of carbonyl (C=O) groups excluding carboxylic acids is 1. The molecular weight excluding hydrogens is 242 g/mol. The summed E-state index contributed by atoms with van der Waals surface area (Å²) in [6.45, 7) is 2.30. The van der Waals surface area contributed by atoms with Gasteiger partial charge in [0.2, 0.25) is 5.90 Å². The molecule has 5 heteroatoms. The van der Waals surface area contributed by atoms with Gasteiger partial charge in [0.1, 0.15) is 6.26 Å². The van der Waals surface area contributed by atoms with Crippen molar-refractivity contribution in [3.8, 4) is 0 Å². The van der Waals surface area contributed by atoms with E-state index in [1.54, 1.807) is 24.3 Å². The Morgan fingerprint density at radius 1 is 1.41 bits per heavy atom. The smallest absolute Gasteiger partial charge is 0.367 e. The molecule has 17 heavy (non-hydrogen) atoms. The largest absolute Gasteiger partial charge is 0.499 e. The third-order valence-electron chi connectivity index (χ3n) is 2.07. The molecule has 0 aliphatic carbocycles. The summed E-state index contributed by atoms with van der Waals surface area (Å²) in [6.07, 6.45) is 1.30. The summed E-state index contributed by atoms with van der Waals surface area (Å²) in [5.74, 6) is -0.249. The second-order valence-corrected chi connectivity index (χ2v) is 3.71. The predicted octanol–water partition coefficient (Wildman–Crippen LogP) is 2.52. The lowest BCUT2D eigenvalue weighted by Gasteiger charge is -1.98. The second-order valence-electron chi connectivity index (χ2n) is 3.27. The summed E-state index contributed by atoms with van der Waals surface area (Å²) in [6, 6.07) is 6.88. The minimum atomic E-state index is -0.511. The minimum Gasteiger partial charge on any atom is -0.499 e. The molecule has 0 saturated carbocycles. The lowest BCUT2D eigenvalue weighted by Crippen LogP contribution is -2.05. The molecule has 4 nitrogen and oxygen atoms in total. The zero-order chi connectivity index (χ0) is 12.3. The van der Waals surface area contributed by atoms with Crippen LogP contribution in [0.1, 0.15) is 12.5 Å². The quantitative estimate of drug-likeness (QED) is 0.471. The monoisotopic (exact) mass is 251 g/mol. The highest BCUT2D eigenvalue weighted by molar-refractivity contribution is 6.30. The SMILES string of the molecule is CCO/C=C1/N=C(c2ccc(Cl)cc2)OC1=O. The molecule has 0 bridgehead atoms. The molecule has 1 heterocycles. The van der Waals surface area contributed by atoms with Crippen molar-refractivity contribution in [3.05, 3.63) is 46.8 Å². The molecule has 2 rings (SSSR count). The third-order valence-corrected chi connectivity index (χ3v) is 2.33. The van der Waals surface area contributed by atoms with Crippen molar-refractivity contribution in [1.82, 2.24) is 0 Å². The summed E-state index contributed by atoms with van der Waals surface area (Å²) in [4.78, 5) is 15.5. The standard InChI is InChI=1S/C12H10ClNO3/c1-2-16-7-10-12(15)17-11(14-10)8-3-5-9(13)6-4-8/h3-7H,2H2,1H3/b10-7+. The molecule has 88 valence electrons. The van der Waals surface area contributed by atoms with Gasteiger partial charge in [0.15, 0.2) is 5.70 Å². The van der Waals surface area contributed by atoms with Gasteiger partial charge in [-0.05, 0) is 31.2 Å². The van der Waals surface area contributed by atoms with Gasteiger partial charge in [0.05, 0.1) is 6.61 Å². The minimum absolute atomic E-state index is 0.164. The first-order valence-corrected chi connectivity index (χ1v) is 5.47. The first-order valence-electron chi connectivity index (χ1n) is 5.09. The van der Waals surface area contributed by atoms with Gasteiger partial charge >= 0.3 is 5.97 Å². The van der Waals surface area contributed by atoms with Crippen LogP contribution in [-0.2, 0) is 14.3 Å². The van der Waals surface area contributed by atoms with Gasteiger partial charge in [-0.15, -0.1) is 0 Å². The van der Waals surface area contributed by atoms with Crippen LogP contribution in [0.25, 0.3) is 0 Å². The van der Waals surface area contributed by atoms with Crippen molar-refractivity contribution < 1.29 is 14.3 Å². The zero-order valence-corrected chi connectivity index (χ0v) is 9.90. The van der Waals surface area contributed by atoms with E-state index < -0.39 is 5.97 Å². The molecule has 0 saturated heterocycles. The van der Waals surface area contributed by atoms with E-state index in [-0.39, 0.29) is 11.6 Å². The van der Waals surface area contributed by atoms with Crippen LogP contribution >= 0.6 is 11.6 Å². The van der Waals surface area contributed by atoms with Gasteiger partial charge in [-0.25, -0.2) is 9.79 Å². The van der Waals surface area contributed by atoms with Gasteiger partial charge in [0, 0.05) is 10.6 Å². The second kappa shape index (κ2) is 5.01. The van der Waals surface area contributed by atoms with Gasteiger partial charge in [0.25, 0.3) is 0 Å². The summed E-state index contributed by atoms with van der Waals surface area (Å²) >= 11 is 5.77. The highest BCUT2D eigenvalue weighted by Gasteiger charge is 2.24. The molecule has 1 aliphatic heterocycles. The summed E-state index contributed by atoms with van der Waals surface area (Å²) in [5.41, 5.74) is 0.861. The number of aliphatic imine (C=N–C) groups is 1. The van der Waals surface area contributed by atoms with Crippen molar-refractivity contribution in [2.24, 2.45) is 4.99 Å². The Hall–Kier alpha value is -1.81. The van der Waals surface area contributed by atoms with E-state index in [2.05, 4.69) is 4.99 Å². The van der Waals surface area contributed by atoms with Crippen LogP contribution in [0.15, 0.2) is 41.2 Å². The van der Waals surface area contributed by atoms with Crippen LogP contribution in [0.5, 0.6) is 0 Å². The molecule has 0 atom stereocenters. The normalized spacial score (nSPS) is 16.9. The average molecular weight is 252 g/mol. The van der Waals surface area contributed by atoms with Gasteiger partial charge < -0.3 is 9.47 Å². The van der Waals surface area contributed by atoms with Crippen LogP contribution in [-0.4, -0.2) is 18.5 Å². The number of nitrogens with zero attached hydrogens (tertiary/aromatic N) is 1. The Morgan fingerprint density at radius 2 is 2.12 bits per heavy atom. The molecule has 0 amide bonds. The van der Waals surface area contributed by atoms with Crippen LogP contribution in [0.4, 0.5) is 0 Å². The Bertz CT molecular complexity index is 491. The fraction of sp³-hybridized carbons (Fsp3) is 0.167. The maximum Gasteiger partial charge on any atom is 0.367 e. The van der Waals surface area contributed by atoms with E-state index in [4.69, 9.17) is 21.1 Å². The third kappa shape index (κ3) is 2.65. The van der Waals surface area contributed by atoms with Crippen molar-refractivity contribution in [2.45, 2.75) is 6.92 Å². The molecule has 0 unspecified atom stereocenters. The fourth-order valence-corrected chi connectivity index (χ4v) is 1.40. The van der Waals surface area contributed by atoms with E-state index in [0.717, 1.165) is 0 Å². The number of hydrogen-bond donors (Lipinski definition) is 0. The molecule has 1 aliphatic rings. The van der Waals surface area contributed by atoms with E-state index in [1.807, 2.05) is 6.92 Å². The Kier molecular flexibility index (Phi) is 3.44. The van der Waals surface area contributed by atoms with Crippen molar-refractivity contribution in [1.29, 1.82) is 0 Å². The summed E-state index contributed by atoms with van der Waals surface area (Å²) in [5, 5.41) is 0.615. The Balaban J connectivity index is 2.24. The number of cyclic esters (lactones) is 1. The average Bonchev–Trinajstić information content (AvgIpc) is 2.69. The number of carbonyl (C=O) groups is 1. The number of halogens is 1. The number of rotatable bonds is 3. The van der Waals surface area contributed by atoms with Crippen LogP contribution in [0, 0.1) is 0 Å². The molecular formula is C12H10ClNO3. The first-order chi connectivity index (χ1) is 8.20. The van der Waals surface area contributed by atoms with Crippen LogP contribution in [0.3, 0.4) is 0 Å². The summed E-state index contributed by atoms with van der Waals surface area (Å²) in [7, 11) is 0. The molecule has 1 aromatic carbocycles.